The van der Waals surface area contributed by atoms with Crippen LogP contribution in [0, 0.1) is 0 Å². The molecule has 0 aliphatic carbocycles. The third-order valence-corrected chi connectivity index (χ3v) is 22.8. The Morgan fingerprint density at radius 1 is 0.121 bits per heavy atom. The second-order valence-corrected chi connectivity index (χ2v) is 30.3. The summed E-state index contributed by atoms with van der Waals surface area (Å²) in [7, 11) is 0. The van der Waals surface area contributed by atoms with E-state index in [-0.39, 0.29) is 0 Å². The number of aromatic nitrogens is 16. The summed E-state index contributed by atoms with van der Waals surface area (Å²) in [6, 6.07) is 141. The highest BCUT2D eigenvalue weighted by atomic mass is 15.1. The molecule has 0 aliphatic heterocycles. The minimum atomic E-state index is 0.491. The molecule has 24 rings (SSSR count). The number of pyridine rings is 6. The highest BCUT2D eigenvalue weighted by Gasteiger charge is 2.25. The van der Waals surface area contributed by atoms with E-state index in [4.69, 9.17) is 59.8 Å². The van der Waals surface area contributed by atoms with Crippen LogP contribution in [-0.2, 0) is 0 Å². The van der Waals surface area contributed by atoms with Crippen molar-refractivity contribution in [3.8, 4) is 137 Å². The van der Waals surface area contributed by atoms with Gasteiger partial charge in [0.2, 0.25) is 0 Å². The molecule has 0 amide bonds. The molecule has 0 spiro atoms. The van der Waals surface area contributed by atoms with Crippen LogP contribution in [0.5, 0.6) is 0 Å². The zero-order valence-electron chi connectivity index (χ0n) is 66.4. The van der Waals surface area contributed by atoms with Crippen molar-refractivity contribution in [3.05, 3.63) is 413 Å². The Labute approximate surface area is 710 Å². The smallest absolute Gasteiger partial charge is 0.182 e. The minimum absolute atomic E-state index is 0.491. The van der Waals surface area contributed by atoms with Crippen molar-refractivity contribution in [1.82, 2.24) is 78.1 Å². The van der Waals surface area contributed by atoms with Crippen molar-refractivity contribution < 1.29 is 0 Å². The average Bonchev–Trinajstić information content (AvgIpc) is 1.56. The Morgan fingerprint density at radius 2 is 0.323 bits per heavy atom. The number of fused-ring (bicyclic) bond motifs is 12. The number of para-hydroxylation sites is 4. The average molecular weight is 1590 g/mol. The molecule has 580 valence electrons. The SMILES string of the molecule is c1ccc(-c2cccc(-c3cccc(-n4c5ccccc5c5cc6c(cc54)c4ccccc4n6-c4cccc(-c5cccc(-c6ccccc6)n5)n4)n3)n2)cc1.c1ccc(-c2nc(-c3ccccc3)nc(-c3cccc(-n4c5ccccc5c5cc6c(cc54)c4ccccc4n6-c4cccc(-c5nc(-c6ccccc6)nc(-c6ccccc6)n5)n4)n3)n2)cc1. The van der Waals surface area contributed by atoms with Gasteiger partial charge in [-0.05, 0) is 121 Å². The monoisotopic (exact) mass is 1590 g/mol. The molecule has 12 aromatic heterocycles. The molecular formula is C108H68N16. The van der Waals surface area contributed by atoms with Crippen LogP contribution in [0.15, 0.2) is 413 Å². The van der Waals surface area contributed by atoms with Crippen LogP contribution in [0.2, 0.25) is 0 Å². The molecule has 12 aromatic carbocycles. The van der Waals surface area contributed by atoms with Crippen LogP contribution >= 0.6 is 0 Å². The van der Waals surface area contributed by atoms with Crippen molar-refractivity contribution in [2.45, 2.75) is 0 Å². The molecule has 0 N–H and O–H groups in total. The Morgan fingerprint density at radius 3 is 0.597 bits per heavy atom. The van der Waals surface area contributed by atoms with Gasteiger partial charge in [0, 0.05) is 76.5 Å². The molecule has 16 nitrogen and oxygen atoms in total. The minimum Gasteiger partial charge on any atom is -0.294 e. The van der Waals surface area contributed by atoms with E-state index in [0.717, 1.165) is 178 Å². The van der Waals surface area contributed by atoms with Gasteiger partial charge in [-0.15, -0.1) is 0 Å². The summed E-state index contributed by atoms with van der Waals surface area (Å²) in [5, 5.41) is 8.94. The molecule has 0 bridgehead atoms. The molecule has 16 heteroatoms. The van der Waals surface area contributed by atoms with Crippen LogP contribution < -0.4 is 0 Å². The van der Waals surface area contributed by atoms with Crippen LogP contribution in [0.3, 0.4) is 0 Å². The van der Waals surface area contributed by atoms with E-state index in [1.54, 1.807) is 0 Å². The van der Waals surface area contributed by atoms with Crippen molar-refractivity contribution in [1.29, 1.82) is 0 Å². The summed E-state index contributed by atoms with van der Waals surface area (Å²) >= 11 is 0. The van der Waals surface area contributed by atoms with E-state index < -0.39 is 0 Å². The molecule has 0 unspecified atom stereocenters. The van der Waals surface area contributed by atoms with E-state index in [2.05, 4.69) is 200 Å². The first-order valence-electron chi connectivity index (χ1n) is 41.1. The number of rotatable bonds is 14. The highest BCUT2D eigenvalue weighted by molar-refractivity contribution is 6.20. The topological polar surface area (TPSA) is 174 Å². The number of nitrogens with zero attached hydrogens (tertiary/aromatic N) is 16. The van der Waals surface area contributed by atoms with Gasteiger partial charge in [0.15, 0.2) is 34.9 Å². The number of hydrogen-bond acceptors (Lipinski definition) is 12. The summed E-state index contributed by atoms with van der Waals surface area (Å²) in [5.74, 6) is 6.48. The molecule has 0 saturated heterocycles. The summed E-state index contributed by atoms with van der Waals surface area (Å²) in [6.45, 7) is 0. The second kappa shape index (κ2) is 30.6. The first-order valence-corrected chi connectivity index (χ1v) is 41.1. The number of benzene rings is 12. The van der Waals surface area contributed by atoms with Crippen molar-refractivity contribution >= 4 is 87.2 Å². The van der Waals surface area contributed by atoms with Crippen molar-refractivity contribution in [2.24, 2.45) is 0 Å². The lowest BCUT2D eigenvalue weighted by atomic mass is 10.1. The molecule has 0 fully saturated rings. The summed E-state index contributed by atoms with van der Waals surface area (Å²) < 4.78 is 9.05. The molecule has 0 saturated carbocycles. The van der Waals surface area contributed by atoms with Gasteiger partial charge in [-0.2, -0.15) is 0 Å². The Hall–Kier alpha value is -17.2. The van der Waals surface area contributed by atoms with E-state index in [0.29, 0.717) is 46.3 Å². The van der Waals surface area contributed by atoms with Crippen LogP contribution in [-0.4, -0.2) is 78.1 Å². The third kappa shape index (κ3) is 13.0. The molecule has 124 heavy (non-hydrogen) atoms. The second-order valence-electron chi connectivity index (χ2n) is 30.3. The first kappa shape index (κ1) is 72.0. The van der Waals surface area contributed by atoms with E-state index in [9.17, 15) is 0 Å². The largest absolute Gasteiger partial charge is 0.294 e. The van der Waals surface area contributed by atoms with Crippen molar-refractivity contribution in [2.75, 3.05) is 0 Å². The molecule has 24 aromatic rings. The number of hydrogen-bond donors (Lipinski definition) is 0. The summed E-state index contributed by atoms with van der Waals surface area (Å²) in [5.41, 5.74) is 20.6. The fourth-order valence-electron chi connectivity index (χ4n) is 17.1. The third-order valence-electron chi connectivity index (χ3n) is 22.8. The van der Waals surface area contributed by atoms with Crippen LogP contribution in [0.25, 0.3) is 224 Å². The van der Waals surface area contributed by atoms with Gasteiger partial charge in [-0.25, -0.2) is 59.8 Å². The standard InChI is InChI=1S/C58H36N10.C50H32N6/c1-5-19-37(20-6-1)53-61-54(38-21-7-2-8-22-38)64-57(63-53)45-29-17-33-51(59-45)67-47-31-15-13-27-41(47)43-36-50-44(35-49(43)67)42-28-14-16-32-48(42)68(50)52-34-18-30-46(60-52)58-65-55(39-23-9-3-10-24-39)62-56(66-58)40-25-11-4-12-26-40;1-3-15-33(16-4-1)39-21-11-23-41(51-39)43-25-13-29-49(53-43)55-45-27-9-7-19-35(45)37-32-48-38(31-47(37)55)36-20-8-10-28-46(36)56(48)50-30-14-26-44(54-50)42-24-12-22-40(52-42)34-17-5-2-6-18-34/h1-36H;1-32H. The lowest BCUT2D eigenvalue weighted by Crippen LogP contribution is -2.03. The summed E-state index contributed by atoms with van der Waals surface area (Å²) in [4.78, 5) is 61.0. The lowest BCUT2D eigenvalue weighted by Gasteiger charge is -2.11. The van der Waals surface area contributed by atoms with Gasteiger partial charge in [0.1, 0.15) is 34.7 Å². The van der Waals surface area contributed by atoms with Gasteiger partial charge in [-0.3, -0.25) is 18.3 Å². The van der Waals surface area contributed by atoms with E-state index in [1.165, 1.54) is 0 Å². The van der Waals surface area contributed by atoms with Gasteiger partial charge < -0.3 is 0 Å². The predicted molar refractivity (Wildman–Crippen MR) is 498 cm³/mol. The van der Waals surface area contributed by atoms with E-state index >= 15 is 0 Å². The Bertz CT molecular complexity index is 7640. The quantitative estimate of drug-likeness (QED) is 0.101. The fraction of sp³-hybridized carbons (Fsp3) is 0. The van der Waals surface area contributed by atoms with Gasteiger partial charge in [0.05, 0.1) is 78.3 Å². The maximum atomic E-state index is 5.32. The highest BCUT2D eigenvalue weighted by Crippen LogP contribution is 2.43. The normalized spacial score (nSPS) is 11.5. The molecular weight excluding hydrogens is 1520 g/mol. The lowest BCUT2D eigenvalue weighted by molar-refractivity contribution is 1.03. The molecule has 0 radical (unpaired) electrons. The molecule has 12 heterocycles. The Balaban J connectivity index is 0.000000146. The maximum Gasteiger partial charge on any atom is 0.182 e. The predicted octanol–water partition coefficient (Wildman–Crippen LogP) is 25.2. The van der Waals surface area contributed by atoms with E-state index in [1.807, 2.05) is 231 Å². The van der Waals surface area contributed by atoms with Crippen molar-refractivity contribution in [3.63, 3.8) is 0 Å². The zero-order chi connectivity index (χ0) is 82.0. The van der Waals surface area contributed by atoms with Gasteiger partial charge in [-0.1, -0.05) is 291 Å². The molecule has 0 atom stereocenters. The first-order chi connectivity index (χ1) is 61.5. The summed E-state index contributed by atoms with van der Waals surface area (Å²) in [6.07, 6.45) is 0. The zero-order valence-corrected chi connectivity index (χ0v) is 66.4. The fourth-order valence-corrected chi connectivity index (χ4v) is 17.1. The van der Waals surface area contributed by atoms with Gasteiger partial charge >= 0.3 is 0 Å². The van der Waals surface area contributed by atoms with Gasteiger partial charge in [0.25, 0.3) is 0 Å². The van der Waals surface area contributed by atoms with Crippen LogP contribution in [0.4, 0.5) is 0 Å². The van der Waals surface area contributed by atoms with Crippen LogP contribution in [0.1, 0.15) is 0 Å². The Kier molecular flexibility index (Phi) is 17.8. The molecule has 0 aliphatic rings. The maximum absolute atomic E-state index is 5.32.